The third kappa shape index (κ3) is 4.24. The molecule has 7 heteroatoms. The first-order chi connectivity index (χ1) is 15.9. The molecule has 0 spiro atoms. The minimum Gasteiger partial charge on any atom is -0.491 e. The van der Waals surface area contributed by atoms with Crippen LogP contribution >= 0.6 is 0 Å². The lowest BCUT2D eigenvalue weighted by atomic mass is 9.87. The maximum absolute atomic E-state index is 13.0. The summed E-state index contributed by atoms with van der Waals surface area (Å²) in [6, 6.07) is 8.10. The zero-order valence-electron chi connectivity index (χ0n) is 19.7. The van der Waals surface area contributed by atoms with Crippen molar-refractivity contribution in [1.82, 2.24) is 14.9 Å². The number of nitrogens with one attached hydrogen (secondary N) is 1. The zero-order valence-corrected chi connectivity index (χ0v) is 19.7. The van der Waals surface area contributed by atoms with Crippen molar-refractivity contribution in [3.8, 4) is 5.75 Å². The summed E-state index contributed by atoms with van der Waals surface area (Å²) >= 11 is 0. The van der Waals surface area contributed by atoms with Crippen molar-refractivity contribution in [3.63, 3.8) is 0 Å². The second-order valence-corrected chi connectivity index (χ2v) is 9.67. The summed E-state index contributed by atoms with van der Waals surface area (Å²) in [4.78, 5) is 28.9. The van der Waals surface area contributed by atoms with Gasteiger partial charge >= 0.3 is 0 Å². The number of nitrogens with zero attached hydrogens (tertiary/aromatic N) is 4. The standard InChI is InChI=1S/C26H31N5O2/c1-15(2)33-19-7-5-6-16(12-19)13-21-28-20-10-11-27-24(20)25(29-21)30-23-18-9-8-17(14-18)22(23)26(32)31(3)4/h5-9,11-12,15,17-18,22-23H,10,13-14H2,1-4H3,(H,28,29,30). The molecular weight excluding hydrogens is 414 g/mol. The number of carbonyl (C=O) groups is 1. The van der Waals surface area contributed by atoms with E-state index in [9.17, 15) is 4.79 Å². The summed E-state index contributed by atoms with van der Waals surface area (Å²) in [5.41, 5.74) is 2.84. The van der Waals surface area contributed by atoms with Crippen LogP contribution in [0.1, 0.15) is 37.4 Å². The van der Waals surface area contributed by atoms with Gasteiger partial charge in [0, 0.05) is 39.2 Å². The number of aromatic nitrogens is 2. The number of hydrogen-bond donors (Lipinski definition) is 1. The van der Waals surface area contributed by atoms with Crippen LogP contribution in [0.3, 0.4) is 0 Å². The van der Waals surface area contributed by atoms with Gasteiger partial charge in [0.15, 0.2) is 5.82 Å². The smallest absolute Gasteiger partial charge is 0.227 e. The molecular formula is C26H31N5O2. The first-order valence-corrected chi connectivity index (χ1v) is 11.7. The normalized spacial score (nSPS) is 24.4. The summed E-state index contributed by atoms with van der Waals surface area (Å²) in [6.45, 7) is 4.04. The van der Waals surface area contributed by atoms with E-state index < -0.39 is 0 Å². The average Bonchev–Trinajstić information content (AvgIpc) is 3.49. The van der Waals surface area contributed by atoms with Gasteiger partial charge in [-0.3, -0.25) is 9.79 Å². The fraction of sp³-hybridized carbons (Fsp3) is 0.462. The van der Waals surface area contributed by atoms with Gasteiger partial charge in [-0.15, -0.1) is 0 Å². The molecule has 1 aliphatic heterocycles. The SMILES string of the molecule is CC(C)Oc1cccc(Cc2nc3c(c(NC4C5C=CC(C5)C4C(=O)N(C)C)n2)N=CC3)c1. The summed E-state index contributed by atoms with van der Waals surface area (Å²) in [7, 11) is 3.66. The molecule has 7 nitrogen and oxygen atoms in total. The van der Waals surface area contributed by atoms with Crippen LogP contribution in [-0.2, 0) is 17.6 Å². The first kappa shape index (κ1) is 21.6. The van der Waals surface area contributed by atoms with E-state index in [-0.39, 0.29) is 29.9 Å². The molecule has 5 rings (SSSR count). The number of ether oxygens (including phenoxy) is 1. The van der Waals surface area contributed by atoms with Crippen LogP contribution in [0.25, 0.3) is 0 Å². The van der Waals surface area contributed by atoms with Crippen LogP contribution < -0.4 is 10.1 Å². The molecule has 0 saturated heterocycles. The fourth-order valence-corrected chi connectivity index (χ4v) is 5.23. The Balaban J connectivity index is 1.42. The van der Waals surface area contributed by atoms with Gasteiger partial charge in [-0.2, -0.15) is 0 Å². The predicted octanol–water partition coefficient (Wildman–Crippen LogP) is 3.80. The Bertz CT molecular complexity index is 1120. The van der Waals surface area contributed by atoms with E-state index in [0.29, 0.717) is 18.8 Å². The third-order valence-electron chi connectivity index (χ3n) is 6.63. The van der Waals surface area contributed by atoms with Crippen molar-refractivity contribution in [3.05, 3.63) is 53.5 Å². The molecule has 1 aromatic carbocycles. The molecule has 2 bridgehead atoms. The van der Waals surface area contributed by atoms with E-state index in [1.807, 2.05) is 52.4 Å². The number of rotatable bonds is 7. The van der Waals surface area contributed by atoms with Crippen molar-refractivity contribution in [1.29, 1.82) is 0 Å². The minimum atomic E-state index is -0.0840. The van der Waals surface area contributed by atoms with E-state index in [2.05, 4.69) is 28.5 Å². The van der Waals surface area contributed by atoms with Gasteiger partial charge in [0.1, 0.15) is 17.3 Å². The molecule has 1 fully saturated rings. The Morgan fingerprint density at radius 2 is 2.03 bits per heavy atom. The molecule has 0 radical (unpaired) electrons. The Labute approximate surface area is 195 Å². The molecule has 172 valence electrons. The predicted molar refractivity (Wildman–Crippen MR) is 129 cm³/mol. The number of fused-ring (bicyclic) bond motifs is 3. The van der Waals surface area contributed by atoms with E-state index in [4.69, 9.17) is 14.7 Å². The van der Waals surface area contributed by atoms with Crippen LogP contribution in [0.5, 0.6) is 5.75 Å². The highest BCUT2D eigenvalue weighted by Gasteiger charge is 2.49. The number of amides is 1. The number of anilines is 1. The second-order valence-electron chi connectivity index (χ2n) is 9.67. The van der Waals surface area contributed by atoms with Crippen molar-refractivity contribution in [2.75, 3.05) is 19.4 Å². The van der Waals surface area contributed by atoms with Crippen molar-refractivity contribution >= 4 is 23.6 Å². The quantitative estimate of drug-likeness (QED) is 0.656. The van der Waals surface area contributed by atoms with E-state index in [1.165, 1.54) is 0 Å². The van der Waals surface area contributed by atoms with Gasteiger partial charge in [0.25, 0.3) is 0 Å². The minimum absolute atomic E-state index is 0.0142. The zero-order chi connectivity index (χ0) is 23.1. The first-order valence-electron chi connectivity index (χ1n) is 11.7. The van der Waals surface area contributed by atoms with Crippen LogP contribution in [0, 0.1) is 17.8 Å². The number of benzene rings is 1. The summed E-state index contributed by atoms with van der Waals surface area (Å²) in [5, 5.41) is 3.63. The third-order valence-corrected chi connectivity index (χ3v) is 6.63. The number of allylic oxidation sites excluding steroid dienone is 1. The fourth-order valence-electron chi connectivity index (χ4n) is 5.23. The molecule has 4 atom stereocenters. The van der Waals surface area contributed by atoms with Gasteiger partial charge in [-0.1, -0.05) is 24.3 Å². The van der Waals surface area contributed by atoms with Gasteiger partial charge in [0.2, 0.25) is 5.91 Å². The van der Waals surface area contributed by atoms with Crippen molar-refractivity contribution in [2.45, 2.75) is 45.3 Å². The largest absolute Gasteiger partial charge is 0.491 e. The average molecular weight is 446 g/mol. The van der Waals surface area contributed by atoms with Crippen LogP contribution in [0.4, 0.5) is 11.5 Å². The van der Waals surface area contributed by atoms with Gasteiger partial charge < -0.3 is 15.0 Å². The van der Waals surface area contributed by atoms with E-state index >= 15 is 0 Å². The van der Waals surface area contributed by atoms with Crippen LogP contribution in [-0.4, -0.2) is 53.2 Å². The van der Waals surface area contributed by atoms with Crippen LogP contribution in [0.15, 0.2) is 41.4 Å². The maximum atomic E-state index is 13.0. The molecule has 2 aliphatic carbocycles. The van der Waals surface area contributed by atoms with Crippen molar-refractivity contribution < 1.29 is 9.53 Å². The molecule has 4 unspecified atom stereocenters. The Morgan fingerprint density at radius 3 is 2.82 bits per heavy atom. The van der Waals surface area contributed by atoms with Gasteiger partial charge in [0.05, 0.1) is 17.7 Å². The second kappa shape index (κ2) is 8.61. The lowest BCUT2D eigenvalue weighted by Crippen LogP contribution is -2.43. The van der Waals surface area contributed by atoms with E-state index in [1.54, 1.807) is 4.90 Å². The summed E-state index contributed by atoms with van der Waals surface area (Å²) < 4.78 is 5.85. The molecule has 1 N–H and O–H groups in total. The Hall–Kier alpha value is -3.22. The highest BCUT2D eigenvalue weighted by atomic mass is 16.5. The lowest BCUT2D eigenvalue weighted by molar-refractivity contribution is -0.133. The Kier molecular flexibility index (Phi) is 5.64. The van der Waals surface area contributed by atoms with Crippen LogP contribution in [0.2, 0.25) is 0 Å². The summed E-state index contributed by atoms with van der Waals surface area (Å²) in [6.07, 6.45) is 8.77. The maximum Gasteiger partial charge on any atom is 0.227 e. The molecule has 1 aromatic heterocycles. The Morgan fingerprint density at radius 1 is 1.21 bits per heavy atom. The molecule has 1 saturated carbocycles. The molecule has 33 heavy (non-hydrogen) atoms. The highest BCUT2D eigenvalue weighted by molar-refractivity contribution is 5.83. The lowest BCUT2D eigenvalue weighted by Gasteiger charge is -2.30. The summed E-state index contributed by atoms with van der Waals surface area (Å²) in [5.74, 6) is 3.03. The van der Waals surface area contributed by atoms with E-state index in [0.717, 1.165) is 40.8 Å². The number of carbonyl (C=O) groups excluding carboxylic acids is 1. The highest BCUT2D eigenvalue weighted by Crippen LogP contribution is 2.46. The number of hydrogen-bond acceptors (Lipinski definition) is 6. The van der Waals surface area contributed by atoms with Gasteiger partial charge in [-0.05, 0) is 49.8 Å². The van der Waals surface area contributed by atoms with Crippen molar-refractivity contribution in [2.24, 2.45) is 22.7 Å². The van der Waals surface area contributed by atoms with Gasteiger partial charge in [-0.25, -0.2) is 9.97 Å². The molecule has 2 aromatic rings. The number of aliphatic imine (C=N–C) groups is 1. The molecule has 1 amide bonds. The molecule has 3 aliphatic rings. The molecule has 2 heterocycles. The topological polar surface area (TPSA) is 79.7 Å². The monoisotopic (exact) mass is 445 g/mol.